The van der Waals surface area contributed by atoms with Gasteiger partial charge in [0.15, 0.2) is 5.11 Å². The van der Waals surface area contributed by atoms with E-state index >= 15 is 0 Å². The fourth-order valence-electron chi connectivity index (χ4n) is 3.71. The van der Waals surface area contributed by atoms with Gasteiger partial charge in [-0.1, -0.05) is 15.9 Å². The minimum absolute atomic E-state index is 0.166. The fraction of sp³-hybridized carbons (Fsp3) is 0.174. The lowest BCUT2D eigenvalue weighted by Crippen LogP contribution is -2.42. The maximum absolute atomic E-state index is 13.6. The second kappa shape index (κ2) is 9.17. The molecule has 0 saturated heterocycles. The van der Waals surface area contributed by atoms with E-state index in [2.05, 4.69) is 26.6 Å². The van der Waals surface area contributed by atoms with E-state index in [0.717, 1.165) is 10.2 Å². The molecule has 4 rings (SSSR count). The number of hydrogen-bond acceptors (Lipinski definition) is 3. The topological polar surface area (TPSA) is 61.4 Å². The number of halogens is 2. The average molecular weight is 534 g/mol. The minimum Gasteiger partial charge on any atom is -0.332 e. The number of hydrogen-bond donors (Lipinski definition) is 2. The minimum atomic E-state index is -3.81. The van der Waals surface area contributed by atoms with Crippen molar-refractivity contribution in [1.82, 2.24) is 0 Å². The first-order chi connectivity index (χ1) is 15.2. The van der Waals surface area contributed by atoms with Gasteiger partial charge in [0.2, 0.25) is 0 Å². The van der Waals surface area contributed by atoms with E-state index < -0.39 is 10.0 Å². The summed E-state index contributed by atoms with van der Waals surface area (Å²) in [6, 6.07) is 18.0. The van der Waals surface area contributed by atoms with Gasteiger partial charge >= 0.3 is 0 Å². The third kappa shape index (κ3) is 4.79. The van der Waals surface area contributed by atoms with E-state index in [0.29, 0.717) is 34.9 Å². The van der Waals surface area contributed by atoms with Gasteiger partial charge in [0.05, 0.1) is 10.6 Å². The van der Waals surface area contributed by atoms with Gasteiger partial charge in [-0.3, -0.25) is 4.31 Å². The number of aryl methyl sites for hydroxylation is 1. The Labute approximate surface area is 200 Å². The highest BCUT2D eigenvalue weighted by Crippen LogP contribution is 2.36. The summed E-state index contributed by atoms with van der Waals surface area (Å²) in [6.45, 7) is 1.87. The average Bonchev–Trinajstić information content (AvgIpc) is 2.75. The van der Waals surface area contributed by atoms with Crippen molar-refractivity contribution < 1.29 is 12.8 Å². The second-order valence-corrected chi connectivity index (χ2v) is 10.7. The van der Waals surface area contributed by atoms with Crippen LogP contribution in [0.2, 0.25) is 0 Å². The molecule has 0 amide bonds. The summed E-state index contributed by atoms with van der Waals surface area (Å²) in [6.07, 6.45) is 1.28. The van der Waals surface area contributed by atoms with Crippen LogP contribution in [-0.2, 0) is 16.4 Å². The Morgan fingerprint density at radius 1 is 1.03 bits per heavy atom. The van der Waals surface area contributed by atoms with Crippen LogP contribution in [0.15, 0.2) is 76.1 Å². The van der Waals surface area contributed by atoms with Crippen molar-refractivity contribution in [3.05, 3.63) is 82.6 Å². The van der Waals surface area contributed by atoms with Crippen LogP contribution in [0.4, 0.5) is 21.5 Å². The second-order valence-electron chi connectivity index (χ2n) is 7.57. The first-order valence-corrected chi connectivity index (χ1v) is 12.6. The summed E-state index contributed by atoms with van der Waals surface area (Å²) >= 11 is 8.73. The van der Waals surface area contributed by atoms with Crippen LogP contribution in [0, 0.1) is 5.82 Å². The lowest BCUT2D eigenvalue weighted by Gasteiger charge is -2.36. The molecule has 0 radical (unpaired) electrons. The summed E-state index contributed by atoms with van der Waals surface area (Å²) in [7, 11) is -3.81. The molecule has 0 fully saturated rings. The largest absolute Gasteiger partial charge is 0.332 e. The summed E-state index contributed by atoms with van der Waals surface area (Å²) < 4.78 is 42.8. The zero-order valence-corrected chi connectivity index (χ0v) is 20.4. The number of nitrogens with zero attached hydrogens (tertiary/aromatic N) is 1. The molecule has 32 heavy (non-hydrogen) atoms. The third-order valence-electron chi connectivity index (χ3n) is 5.28. The summed E-state index contributed by atoms with van der Waals surface area (Å²) in [5.74, 6) is -0.362. The molecule has 2 N–H and O–H groups in total. The molecule has 0 spiro atoms. The van der Waals surface area contributed by atoms with Crippen molar-refractivity contribution in [2.75, 3.05) is 14.9 Å². The zero-order valence-electron chi connectivity index (χ0n) is 17.2. The van der Waals surface area contributed by atoms with E-state index in [1.165, 1.54) is 16.4 Å². The number of nitrogens with one attached hydrogen (secondary N) is 2. The lowest BCUT2D eigenvalue weighted by molar-refractivity contribution is 0.560. The standard InChI is InChI=1S/C23H21BrFN3O2S2/c1-15-2-3-16-14-18(25)6-13-22(16)28(15)32(29,30)21-11-9-20(10-12-21)27-23(31)26-19-7-4-17(24)5-8-19/h4-15H,2-3H2,1H3,(H2,26,27,31)/t15-/m0/s1. The Morgan fingerprint density at radius 3 is 2.25 bits per heavy atom. The molecule has 3 aromatic rings. The van der Waals surface area contributed by atoms with Gasteiger partial charge in [0.1, 0.15) is 5.82 Å². The summed E-state index contributed by atoms with van der Waals surface area (Å²) in [5, 5.41) is 6.52. The van der Waals surface area contributed by atoms with Crippen molar-refractivity contribution in [3.63, 3.8) is 0 Å². The van der Waals surface area contributed by atoms with Gasteiger partial charge in [-0.15, -0.1) is 0 Å². The van der Waals surface area contributed by atoms with E-state index in [1.807, 2.05) is 31.2 Å². The quantitative estimate of drug-likeness (QED) is 0.407. The number of benzene rings is 3. The highest BCUT2D eigenvalue weighted by atomic mass is 79.9. The molecular weight excluding hydrogens is 513 g/mol. The molecule has 0 aromatic heterocycles. The maximum Gasteiger partial charge on any atom is 0.264 e. The molecule has 0 saturated carbocycles. The predicted octanol–water partition coefficient (Wildman–Crippen LogP) is 5.93. The van der Waals surface area contributed by atoms with Crippen LogP contribution in [-0.4, -0.2) is 19.6 Å². The molecule has 1 heterocycles. The number of anilines is 3. The van der Waals surface area contributed by atoms with Crippen LogP contribution >= 0.6 is 28.1 Å². The number of thiocarbonyl (C=S) groups is 1. The smallest absolute Gasteiger partial charge is 0.264 e. The Bertz CT molecular complexity index is 1250. The van der Waals surface area contributed by atoms with Crippen molar-refractivity contribution in [1.29, 1.82) is 0 Å². The number of fused-ring (bicyclic) bond motifs is 1. The molecule has 0 aliphatic carbocycles. The van der Waals surface area contributed by atoms with Gasteiger partial charge in [-0.2, -0.15) is 0 Å². The summed E-state index contributed by atoms with van der Waals surface area (Å²) in [5.41, 5.74) is 2.73. The molecule has 166 valence electrons. The van der Waals surface area contributed by atoms with Crippen molar-refractivity contribution in [3.8, 4) is 0 Å². The maximum atomic E-state index is 13.6. The van der Waals surface area contributed by atoms with Gasteiger partial charge in [-0.25, -0.2) is 12.8 Å². The van der Waals surface area contributed by atoms with Crippen molar-refractivity contribution >= 4 is 60.3 Å². The molecule has 0 unspecified atom stereocenters. The van der Waals surface area contributed by atoms with Crippen LogP contribution in [0.25, 0.3) is 0 Å². The van der Waals surface area contributed by atoms with Gasteiger partial charge in [0, 0.05) is 21.9 Å². The van der Waals surface area contributed by atoms with E-state index in [4.69, 9.17) is 12.2 Å². The normalized spacial score (nSPS) is 15.7. The van der Waals surface area contributed by atoms with Gasteiger partial charge < -0.3 is 10.6 Å². The number of sulfonamides is 1. The van der Waals surface area contributed by atoms with Crippen LogP contribution in [0.1, 0.15) is 18.9 Å². The Hall–Kier alpha value is -2.49. The molecule has 1 aliphatic rings. The molecule has 1 atom stereocenters. The first-order valence-electron chi connectivity index (χ1n) is 10.0. The number of rotatable bonds is 4. The highest BCUT2D eigenvalue weighted by molar-refractivity contribution is 9.10. The van der Waals surface area contributed by atoms with E-state index in [1.54, 1.807) is 30.3 Å². The molecule has 1 aliphatic heterocycles. The SMILES string of the molecule is C[C@H]1CCc2cc(F)ccc2N1S(=O)(=O)c1ccc(NC(=S)Nc2ccc(Br)cc2)cc1. The predicted molar refractivity (Wildman–Crippen MR) is 134 cm³/mol. The highest BCUT2D eigenvalue weighted by Gasteiger charge is 2.33. The van der Waals surface area contributed by atoms with Crippen molar-refractivity contribution in [2.45, 2.75) is 30.7 Å². The monoisotopic (exact) mass is 533 g/mol. The van der Waals surface area contributed by atoms with Crippen LogP contribution in [0.3, 0.4) is 0 Å². The molecule has 9 heteroatoms. The van der Waals surface area contributed by atoms with Gasteiger partial charge in [0.25, 0.3) is 10.0 Å². The Kier molecular flexibility index (Phi) is 6.50. The lowest BCUT2D eigenvalue weighted by atomic mass is 9.99. The molecule has 3 aromatic carbocycles. The fourth-order valence-corrected chi connectivity index (χ4v) is 5.93. The Morgan fingerprint density at radius 2 is 1.62 bits per heavy atom. The molecule has 0 bridgehead atoms. The third-order valence-corrected chi connectivity index (χ3v) is 7.96. The van der Waals surface area contributed by atoms with Crippen LogP contribution in [0.5, 0.6) is 0 Å². The van der Waals surface area contributed by atoms with Crippen molar-refractivity contribution in [2.24, 2.45) is 0 Å². The van der Waals surface area contributed by atoms with Gasteiger partial charge in [-0.05, 0) is 104 Å². The Balaban J connectivity index is 1.52. The summed E-state index contributed by atoms with van der Waals surface area (Å²) in [4.78, 5) is 0.166. The molecule has 5 nitrogen and oxygen atoms in total. The molecular formula is C23H21BrFN3O2S2. The first kappa shape index (κ1) is 22.7. The van der Waals surface area contributed by atoms with E-state index in [-0.39, 0.29) is 16.8 Å². The zero-order chi connectivity index (χ0) is 22.9. The van der Waals surface area contributed by atoms with E-state index in [9.17, 15) is 12.8 Å². The van der Waals surface area contributed by atoms with Crippen LogP contribution < -0.4 is 14.9 Å².